The summed E-state index contributed by atoms with van der Waals surface area (Å²) < 4.78 is 0. The third-order valence-electron chi connectivity index (χ3n) is 2.43. The van der Waals surface area contributed by atoms with Crippen LogP contribution in [0.3, 0.4) is 0 Å². The second kappa shape index (κ2) is 7.61. The molecular formula is C13H14ClN3OS2. The highest BCUT2D eigenvalue weighted by Gasteiger charge is 2.07. The summed E-state index contributed by atoms with van der Waals surface area (Å²) >= 11 is 8.86. The second-order valence-electron chi connectivity index (χ2n) is 3.96. The zero-order valence-corrected chi connectivity index (χ0v) is 13.3. The van der Waals surface area contributed by atoms with Crippen LogP contribution in [0, 0.1) is 0 Å². The minimum Gasteiger partial charge on any atom is -0.301 e. The first-order valence-electron chi connectivity index (χ1n) is 6.18. The molecule has 0 bridgehead atoms. The molecule has 0 saturated carbocycles. The molecule has 0 radical (unpaired) electrons. The number of nitrogens with zero attached hydrogens (tertiary/aromatic N) is 2. The van der Waals surface area contributed by atoms with Crippen LogP contribution < -0.4 is 5.32 Å². The Morgan fingerprint density at radius 1 is 1.35 bits per heavy atom. The van der Waals surface area contributed by atoms with Crippen LogP contribution in [0.2, 0.25) is 5.02 Å². The average molecular weight is 328 g/mol. The lowest BCUT2D eigenvalue weighted by molar-refractivity contribution is -0.115. The Balaban J connectivity index is 1.73. The lowest BCUT2D eigenvalue weighted by atomic mass is 10.4. The van der Waals surface area contributed by atoms with E-state index in [1.807, 2.05) is 31.2 Å². The van der Waals surface area contributed by atoms with Crippen molar-refractivity contribution in [1.29, 1.82) is 0 Å². The van der Waals surface area contributed by atoms with E-state index in [2.05, 4.69) is 15.5 Å². The van der Waals surface area contributed by atoms with E-state index in [1.165, 1.54) is 11.3 Å². The molecule has 0 fully saturated rings. The van der Waals surface area contributed by atoms with Crippen LogP contribution in [0.5, 0.6) is 0 Å². The number of hydrogen-bond donors (Lipinski definition) is 1. The van der Waals surface area contributed by atoms with Gasteiger partial charge in [0.25, 0.3) is 0 Å². The van der Waals surface area contributed by atoms with E-state index in [-0.39, 0.29) is 5.91 Å². The number of aromatic nitrogens is 2. The summed E-state index contributed by atoms with van der Waals surface area (Å²) in [4.78, 5) is 12.9. The summed E-state index contributed by atoms with van der Waals surface area (Å²) in [5, 5.41) is 12.9. The van der Waals surface area contributed by atoms with Crippen molar-refractivity contribution in [2.45, 2.75) is 24.7 Å². The van der Waals surface area contributed by atoms with Gasteiger partial charge >= 0.3 is 0 Å². The molecule has 1 aromatic carbocycles. The van der Waals surface area contributed by atoms with Gasteiger partial charge in [-0.15, -0.1) is 22.0 Å². The Morgan fingerprint density at radius 3 is 2.75 bits per heavy atom. The number of thioether (sulfide) groups is 1. The number of anilines is 1. The molecule has 106 valence electrons. The summed E-state index contributed by atoms with van der Waals surface area (Å²) in [5.41, 5.74) is 0. The van der Waals surface area contributed by atoms with E-state index in [0.29, 0.717) is 17.3 Å². The van der Waals surface area contributed by atoms with Gasteiger partial charge in [0.05, 0.1) is 0 Å². The maximum Gasteiger partial charge on any atom is 0.227 e. The fraction of sp³-hybridized carbons (Fsp3) is 0.308. The Morgan fingerprint density at radius 2 is 2.10 bits per heavy atom. The summed E-state index contributed by atoms with van der Waals surface area (Å²) in [6.07, 6.45) is 1.27. The fourth-order valence-electron chi connectivity index (χ4n) is 1.42. The largest absolute Gasteiger partial charge is 0.301 e. The third kappa shape index (κ3) is 4.77. The zero-order valence-electron chi connectivity index (χ0n) is 10.9. The third-order valence-corrected chi connectivity index (χ3v) is 4.68. The molecule has 0 spiro atoms. The van der Waals surface area contributed by atoms with Crippen molar-refractivity contribution < 1.29 is 4.79 Å². The molecule has 20 heavy (non-hydrogen) atoms. The Bertz CT molecular complexity index is 571. The molecule has 1 heterocycles. The van der Waals surface area contributed by atoms with Crippen molar-refractivity contribution >= 4 is 45.7 Å². The molecule has 0 saturated heterocycles. The van der Waals surface area contributed by atoms with Crippen molar-refractivity contribution in [1.82, 2.24) is 10.2 Å². The summed E-state index contributed by atoms with van der Waals surface area (Å²) in [6.45, 7) is 2.01. The van der Waals surface area contributed by atoms with Crippen LogP contribution in [0.4, 0.5) is 5.13 Å². The van der Waals surface area contributed by atoms with Crippen molar-refractivity contribution in [2.75, 3.05) is 11.1 Å². The first kappa shape index (κ1) is 15.3. The molecule has 2 aromatic rings. The van der Waals surface area contributed by atoms with Gasteiger partial charge in [-0.1, -0.05) is 29.9 Å². The molecule has 0 unspecified atom stereocenters. The van der Waals surface area contributed by atoms with Crippen LogP contribution in [-0.4, -0.2) is 21.9 Å². The first-order valence-corrected chi connectivity index (χ1v) is 8.36. The molecule has 0 atom stereocenters. The minimum absolute atomic E-state index is 0.0368. The molecule has 2 rings (SSSR count). The van der Waals surface area contributed by atoms with E-state index >= 15 is 0 Å². The number of carbonyl (C=O) groups is 1. The Hall–Kier alpha value is -1.11. The SMILES string of the molecule is CCc1nnc(NC(=O)CCSc2ccc(Cl)cc2)s1. The number of benzene rings is 1. The van der Waals surface area contributed by atoms with Gasteiger partial charge in [0, 0.05) is 22.1 Å². The Kier molecular flexibility index (Phi) is 5.82. The van der Waals surface area contributed by atoms with Crippen molar-refractivity contribution in [3.8, 4) is 0 Å². The van der Waals surface area contributed by atoms with Crippen LogP contribution in [0.25, 0.3) is 0 Å². The lowest BCUT2D eigenvalue weighted by Crippen LogP contribution is -2.11. The van der Waals surface area contributed by atoms with Gasteiger partial charge in [-0.3, -0.25) is 4.79 Å². The molecule has 0 aliphatic carbocycles. The van der Waals surface area contributed by atoms with Gasteiger partial charge in [-0.2, -0.15) is 0 Å². The standard InChI is InChI=1S/C13H14ClN3OS2/c1-2-12-16-17-13(20-12)15-11(18)7-8-19-10-5-3-9(14)4-6-10/h3-6H,2,7-8H2,1H3,(H,15,17,18). The molecule has 1 amide bonds. The smallest absolute Gasteiger partial charge is 0.227 e. The van der Waals surface area contributed by atoms with Gasteiger partial charge in [-0.25, -0.2) is 0 Å². The van der Waals surface area contributed by atoms with E-state index in [0.717, 1.165) is 21.3 Å². The average Bonchev–Trinajstić information content (AvgIpc) is 2.88. The molecule has 7 heteroatoms. The predicted molar refractivity (Wildman–Crippen MR) is 84.7 cm³/mol. The molecule has 4 nitrogen and oxygen atoms in total. The van der Waals surface area contributed by atoms with E-state index < -0.39 is 0 Å². The lowest BCUT2D eigenvalue weighted by Gasteiger charge is -2.02. The maximum absolute atomic E-state index is 11.7. The monoisotopic (exact) mass is 327 g/mol. The fourth-order valence-corrected chi connectivity index (χ4v) is 3.09. The summed E-state index contributed by atoms with van der Waals surface area (Å²) in [6, 6.07) is 7.58. The van der Waals surface area contributed by atoms with E-state index in [1.54, 1.807) is 11.8 Å². The number of nitrogens with one attached hydrogen (secondary N) is 1. The summed E-state index contributed by atoms with van der Waals surface area (Å²) in [7, 11) is 0. The molecule has 1 aromatic heterocycles. The van der Waals surface area contributed by atoms with E-state index in [9.17, 15) is 4.79 Å². The molecular weight excluding hydrogens is 314 g/mol. The maximum atomic E-state index is 11.7. The number of aryl methyl sites for hydroxylation is 1. The number of rotatable bonds is 6. The zero-order chi connectivity index (χ0) is 14.4. The topological polar surface area (TPSA) is 54.9 Å². The van der Waals surface area contributed by atoms with Crippen molar-refractivity contribution in [3.63, 3.8) is 0 Å². The number of amides is 1. The van der Waals surface area contributed by atoms with Crippen LogP contribution in [-0.2, 0) is 11.2 Å². The van der Waals surface area contributed by atoms with Crippen LogP contribution in [0.1, 0.15) is 18.4 Å². The van der Waals surface area contributed by atoms with Crippen molar-refractivity contribution in [2.24, 2.45) is 0 Å². The first-order chi connectivity index (χ1) is 9.67. The molecule has 0 aliphatic heterocycles. The predicted octanol–water partition coefficient (Wildman–Crippen LogP) is 3.87. The normalized spacial score (nSPS) is 10.5. The van der Waals surface area contributed by atoms with Crippen LogP contribution >= 0.6 is 34.7 Å². The Labute approximate surface area is 130 Å². The second-order valence-corrected chi connectivity index (χ2v) is 6.62. The van der Waals surface area contributed by atoms with Gasteiger partial charge in [0.1, 0.15) is 5.01 Å². The highest BCUT2D eigenvalue weighted by molar-refractivity contribution is 7.99. The molecule has 1 N–H and O–H groups in total. The number of carbonyl (C=O) groups excluding carboxylic acids is 1. The highest BCUT2D eigenvalue weighted by Crippen LogP contribution is 2.21. The quantitative estimate of drug-likeness (QED) is 0.818. The van der Waals surface area contributed by atoms with Gasteiger partial charge < -0.3 is 5.32 Å². The highest BCUT2D eigenvalue weighted by atomic mass is 35.5. The van der Waals surface area contributed by atoms with Crippen molar-refractivity contribution in [3.05, 3.63) is 34.3 Å². The minimum atomic E-state index is -0.0368. The molecule has 0 aliphatic rings. The van der Waals surface area contributed by atoms with Crippen LogP contribution in [0.15, 0.2) is 29.2 Å². The van der Waals surface area contributed by atoms with Gasteiger partial charge in [-0.05, 0) is 30.7 Å². The van der Waals surface area contributed by atoms with Gasteiger partial charge in [0.15, 0.2) is 0 Å². The van der Waals surface area contributed by atoms with E-state index in [4.69, 9.17) is 11.6 Å². The summed E-state index contributed by atoms with van der Waals surface area (Å²) in [5.74, 6) is 0.678. The number of hydrogen-bond acceptors (Lipinski definition) is 5. The van der Waals surface area contributed by atoms with Gasteiger partial charge in [0.2, 0.25) is 11.0 Å². The number of halogens is 1.